The summed E-state index contributed by atoms with van der Waals surface area (Å²) < 4.78 is 5.80. The van der Waals surface area contributed by atoms with Crippen molar-refractivity contribution >= 4 is 46.4 Å². The molecule has 4 nitrogen and oxygen atoms in total. The Morgan fingerprint density at radius 1 is 1.03 bits per heavy atom. The van der Waals surface area contributed by atoms with Gasteiger partial charge in [-0.1, -0.05) is 59.8 Å². The van der Waals surface area contributed by atoms with E-state index in [0.717, 1.165) is 30.7 Å². The molecule has 172 valence electrons. The van der Waals surface area contributed by atoms with Crippen LogP contribution in [0.5, 0.6) is 0 Å². The molecule has 0 unspecified atom stereocenters. The molecule has 6 heteroatoms. The maximum atomic E-state index is 13.3. The SMILES string of the molecule is Cc1ccc(Sc2ccc(/C=C3\SC(=Nc4ccccc4)N(C[C@H]4CCCO4)C3=O)cc2)cc1. The summed E-state index contributed by atoms with van der Waals surface area (Å²) in [6.07, 6.45) is 4.05. The van der Waals surface area contributed by atoms with Crippen molar-refractivity contribution in [2.75, 3.05) is 13.2 Å². The molecule has 34 heavy (non-hydrogen) atoms. The second-order valence-corrected chi connectivity index (χ2v) is 10.5. The Hall–Kier alpha value is -2.80. The molecular formula is C28H26N2O2S2. The number of aryl methyl sites for hydroxylation is 1. The van der Waals surface area contributed by atoms with Crippen molar-refractivity contribution in [2.45, 2.75) is 35.7 Å². The molecule has 0 spiro atoms. The molecule has 0 aromatic heterocycles. The summed E-state index contributed by atoms with van der Waals surface area (Å²) in [6, 6.07) is 26.6. The number of nitrogens with zero attached hydrogens (tertiary/aromatic N) is 2. The summed E-state index contributed by atoms with van der Waals surface area (Å²) in [7, 11) is 0. The average Bonchev–Trinajstić information content (AvgIpc) is 3.47. The van der Waals surface area contributed by atoms with Gasteiger partial charge in [0.2, 0.25) is 0 Å². The summed E-state index contributed by atoms with van der Waals surface area (Å²) in [5.41, 5.74) is 3.10. The lowest BCUT2D eigenvalue weighted by molar-refractivity contribution is -0.123. The molecule has 2 fully saturated rings. The molecule has 3 aromatic carbocycles. The van der Waals surface area contributed by atoms with Crippen LogP contribution in [0.3, 0.4) is 0 Å². The van der Waals surface area contributed by atoms with Crippen LogP contribution in [0, 0.1) is 6.92 Å². The van der Waals surface area contributed by atoms with Crippen LogP contribution in [0.2, 0.25) is 0 Å². The maximum absolute atomic E-state index is 13.3. The number of para-hydroxylation sites is 1. The number of benzene rings is 3. The van der Waals surface area contributed by atoms with Crippen LogP contribution in [0.15, 0.2) is 98.6 Å². The Balaban J connectivity index is 1.35. The third-order valence-corrected chi connectivity index (χ3v) is 7.74. The van der Waals surface area contributed by atoms with Crippen molar-refractivity contribution in [3.63, 3.8) is 0 Å². The van der Waals surface area contributed by atoms with Gasteiger partial charge in [0.05, 0.1) is 23.2 Å². The van der Waals surface area contributed by atoms with E-state index in [4.69, 9.17) is 9.73 Å². The number of amidine groups is 1. The topological polar surface area (TPSA) is 41.9 Å². The minimum Gasteiger partial charge on any atom is -0.376 e. The molecule has 2 aliphatic rings. The number of amides is 1. The third kappa shape index (κ3) is 5.63. The van der Waals surface area contributed by atoms with E-state index in [2.05, 4.69) is 55.5 Å². The number of rotatable bonds is 6. The Bertz CT molecular complexity index is 1200. The second-order valence-electron chi connectivity index (χ2n) is 8.38. The highest BCUT2D eigenvalue weighted by atomic mass is 32.2. The van der Waals surface area contributed by atoms with E-state index in [-0.39, 0.29) is 12.0 Å². The second kappa shape index (κ2) is 10.6. The van der Waals surface area contributed by atoms with E-state index >= 15 is 0 Å². The normalized spacial score (nSPS) is 20.6. The number of hydrogen-bond acceptors (Lipinski definition) is 5. The van der Waals surface area contributed by atoms with Gasteiger partial charge in [-0.25, -0.2) is 4.99 Å². The first-order valence-electron chi connectivity index (χ1n) is 11.5. The minimum absolute atomic E-state index is 0.00621. The largest absolute Gasteiger partial charge is 0.376 e. The first-order chi connectivity index (χ1) is 16.6. The van der Waals surface area contributed by atoms with Crippen molar-refractivity contribution in [2.24, 2.45) is 4.99 Å². The van der Waals surface area contributed by atoms with Gasteiger partial charge in [-0.3, -0.25) is 9.69 Å². The lowest BCUT2D eigenvalue weighted by Gasteiger charge is -2.19. The highest BCUT2D eigenvalue weighted by Crippen LogP contribution is 2.35. The first kappa shape index (κ1) is 23.0. The molecule has 0 N–H and O–H groups in total. The van der Waals surface area contributed by atoms with Crippen LogP contribution >= 0.6 is 23.5 Å². The Morgan fingerprint density at radius 2 is 1.74 bits per heavy atom. The van der Waals surface area contributed by atoms with Gasteiger partial charge >= 0.3 is 0 Å². The maximum Gasteiger partial charge on any atom is 0.266 e. The summed E-state index contributed by atoms with van der Waals surface area (Å²) >= 11 is 3.17. The van der Waals surface area contributed by atoms with Gasteiger partial charge in [-0.15, -0.1) is 0 Å². The summed E-state index contributed by atoms with van der Waals surface area (Å²) in [4.78, 5) is 23.0. The van der Waals surface area contributed by atoms with Crippen molar-refractivity contribution in [1.82, 2.24) is 4.90 Å². The number of aliphatic imine (C=N–C) groups is 1. The molecule has 1 atom stereocenters. The molecule has 2 heterocycles. The van der Waals surface area contributed by atoms with E-state index in [9.17, 15) is 4.79 Å². The molecule has 5 rings (SSSR count). The summed E-state index contributed by atoms with van der Waals surface area (Å²) in [5, 5.41) is 0.712. The van der Waals surface area contributed by atoms with E-state index in [0.29, 0.717) is 16.6 Å². The highest BCUT2D eigenvalue weighted by molar-refractivity contribution is 8.18. The number of ether oxygens (including phenoxy) is 1. The van der Waals surface area contributed by atoms with E-state index in [1.807, 2.05) is 36.4 Å². The first-order valence-corrected chi connectivity index (χ1v) is 13.1. The minimum atomic E-state index is -0.00621. The van der Waals surface area contributed by atoms with Gasteiger partial charge in [0.25, 0.3) is 5.91 Å². The molecule has 1 amide bonds. The van der Waals surface area contributed by atoms with Crippen molar-refractivity contribution in [1.29, 1.82) is 0 Å². The molecule has 0 aliphatic carbocycles. The number of thioether (sulfide) groups is 1. The van der Waals surface area contributed by atoms with Crippen LogP contribution in [0.1, 0.15) is 24.0 Å². The zero-order valence-corrected chi connectivity index (χ0v) is 20.6. The molecule has 0 radical (unpaired) electrons. The fourth-order valence-electron chi connectivity index (χ4n) is 3.88. The predicted octanol–water partition coefficient (Wildman–Crippen LogP) is 6.93. The van der Waals surface area contributed by atoms with Gasteiger partial charge in [0, 0.05) is 16.4 Å². The average molecular weight is 487 g/mol. The fraction of sp³-hybridized carbons (Fsp3) is 0.214. The predicted molar refractivity (Wildman–Crippen MR) is 142 cm³/mol. The van der Waals surface area contributed by atoms with Crippen LogP contribution in [0.4, 0.5) is 5.69 Å². The van der Waals surface area contributed by atoms with Gasteiger partial charge < -0.3 is 4.74 Å². The Morgan fingerprint density at radius 3 is 2.41 bits per heavy atom. The molecule has 0 saturated carbocycles. The van der Waals surface area contributed by atoms with E-state index < -0.39 is 0 Å². The summed E-state index contributed by atoms with van der Waals surface area (Å²) in [5.74, 6) is -0.00621. The van der Waals surface area contributed by atoms with Gasteiger partial charge in [0.1, 0.15) is 0 Å². The van der Waals surface area contributed by atoms with E-state index in [1.54, 1.807) is 16.7 Å². The van der Waals surface area contributed by atoms with Gasteiger partial charge in [-0.2, -0.15) is 0 Å². The van der Waals surface area contributed by atoms with Crippen molar-refractivity contribution < 1.29 is 9.53 Å². The standard InChI is InChI=1S/C28H26N2O2S2/c1-20-9-13-24(14-10-20)33-25-15-11-21(12-16-25)18-26-27(31)30(19-23-8-5-17-32-23)28(34-26)29-22-6-3-2-4-7-22/h2-4,6-7,9-16,18,23H,5,8,17,19H2,1H3/b26-18-,29-28?/t23-/m1/s1. The van der Waals surface area contributed by atoms with Crippen molar-refractivity contribution in [3.05, 3.63) is 94.9 Å². The Labute approximate surface area is 209 Å². The molecule has 3 aromatic rings. The number of carbonyl (C=O) groups is 1. The zero-order valence-electron chi connectivity index (χ0n) is 19.0. The van der Waals surface area contributed by atoms with Crippen LogP contribution in [-0.2, 0) is 9.53 Å². The smallest absolute Gasteiger partial charge is 0.266 e. The highest BCUT2D eigenvalue weighted by Gasteiger charge is 2.35. The van der Waals surface area contributed by atoms with Gasteiger partial charge in [0.15, 0.2) is 5.17 Å². The van der Waals surface area contributed by atoms with Crippen LogP contribution in [-0.4, -0.2) is 35.2 Å². The lowest BCUT2D eigenvalue weighted by atomic mass is 10.2. The fourth-order valence-corrected chi connectivity index (χ4v) is 5.71. The number of hydrogen-bond donors (Lipinski definition) is 0. The molecular weight excluding hydrogens is 460 g/mol. The van der Waals surface area contributed by atoms with Crippen molar-refractivity contribution in [3.8, 4) is 0 Å². The summed E-state index contributed by atoms with van der Waals surface area (Å²) in [6.45, 7) is 3.40. The Kier molecular flexibility index (Phi) is 7.19. The van der Waals surface area contributed by atoms with Crippen LogP contribution in [0.25, 0.3) is 6.08 Å². The molecule has 0 bridgehead atoms. The number of carbonyl (C=O) groups excluding carboxylic acids is 1. The van der Waals surface area contributed by atoms with Gasteiger partial charge in [-0.05, 0) is 79.6 Å². The van der Waals surface area contributed by atoms with E-state index in [1.165, 1.54) is 27.1 Å². The zero-order chi connectivity index (χ0) is 23.3. The lowest BCUT2D eigenvalue weighted by Crippen LogP contribution is -2.36. The molecule has 2 saturated heterocycles. The quantitative estimate of drug-likeness (QED) is 0.354. The third-order valence-electron chi connectivity index (χ3n) is 5.71. The molecule has 2 aliphatic heterocycles. The monoisotopic (exact) mass is 486 g/mol. The van der Waals surface area contributed by atoms with Crippen LogP contribution < -0.4 is 0 Å².